The van der Waals surface area contributed by atoms with Crippen LogP contribution in [0.5, 0.6) is 0 Å². The van der Waals surface area contributed by atoms with Crippen molar-refractivity contribution in [2.75, 3.05) is 18.1 Å². The largest absolute Gasteiger partial charge is 0.394 e. The molecule has 2 aromatic rings. The molecule has 8 nitrogen and oxygen atoms in total. The zero-order valence-electron chi connectivity index (χ0n) is 12.2. The summed E-state index contributed by atoms with van der Waals surface area (Å²) in [7, 11) is 0. The number of anilines is 1. The summed E-state index contributed by atoms with van der Waals surface area (Å²) in [6.45, 7) is 1.85. The van der Waals surface area contributed by atoms with Crippen LogP contribution < -0.4 is 5.73 Å². The number of nitrogen functional groups attached to an aromatic ring is 1. The van der Waals surface area contributed by atoms with Gasteiger partial charge in [0.15, 0.2) is 17.7 Å². The third-order valence-corrected chi connectivity index (χ3v) is 5.21. The van der Waals surface area contributed by atoms with Gasteiger partial charge >= 0.3 is 0 Å². The van der Waals surface area contributed by atoms with Crippen LogP contribution in [0.4, 0.5) is 5.82 Å². The number of nitrogens with zero attached hydrogens (tertiary/aromatic N) is 4. The molecule has 120 valence electrons. The molecular weight excluding hydrogens is 306 g/mol. The maximum atomic E-state index is 10.4. The molecule has 1 unspecified atom stereocenters. The molecule has 0 amide bonds. The molecule has 1 aliphatic heterocycles. The summed E-state index contributed by atoms with van der Waals surface area (Å²) >= 11 is 1.62. The smallest absolute Gasteiger partial charge is 0.167 e. The van der Waals surface area contributed by atoms with E-state index < -0.39 is 18.4 Å². The number of aliphatic hydroxyl groups is 2. The van der Waals surface area contributed by atoms with Crippen molar-refractivity contribution >= 4 is 28.7 Å². The van der Waals surface area contributed by atoms with E-state index >= 15 is 0 Å². The van der Waals surface area contributed by atoms with Gasteiger partial charge in [0.25, 0.3) is 0 Å². The lowest BCUT2D eigenvalue weighted by molar-refractivity contribution is -0.0430. The monoisotopic (exact) mass is 325 g/mol. The van der Waals surface area contributed by atoms with Gasteiger partial charge in [-0.3, -0.25) is 4.57 Å². The van der Waals surface area contributed by atoms with Crippen molar-refractivity contribution in [2.45, 2.75) is 37.0 Å². The predicted molar refractivity (Wildman–Crippen MR) is 83.3 cm³/mol. The highest BCUT2D eigenvalue weighted by molar-refractivity contribution is 8.00. The average molecular weight is 325 g/mol. The van der Waals surface area contributed by atoms with E-state index in [0.717, 1.165) is 12.2 Å². The SMILES string of the molecule is CCCSC1[C@@H](O)[C@@H](CO)O[C@H]1n1cnc2c(N)ncnc21. The van der Waals surface area contributed by atoms with Crippen LogP contribution in [0.2, 0.25) is 0 Å². The van der Waals surface area contributed by atoms with Gasteiger partial charge in [-0.25, -0.2) is 15.0 Å². The minimum atomic E-state index is -0.747. The molecule has 3 heterocycles. The fourth-order valence-corrected chi connectivity index (χ4v) is 3.82. The summed E-state index contributed by atoms with van der Waals surface area (Å²) in [5.41, 5.74) is 6.87. The van der Waals surface area contributed by atoms with Gasteiger partial charge in [0.05, 0.1) is 24.3 Å². The quantitative estimate of drug-likeness (QED) is 0.712. The number of ether oxygens (including phenoxy) is 1. The minimum Gasteiger partial charge on any atom is -0.394 e. The molecule has 22 heavy (non-hydrogen) atoms. The van der Waals surface area contributed by atoms with Gasteiger partial charge in [0.2, 0.25) is 0 Å². The number of hydrogen-bond acceptors (Lipinski definition) is 8. The predicted octanol–water partition coefficient (Wildman–Crippen LogP) is 0.171. The topological polar surface area (TPSA) is 119 Å². The maximum absolute atomic E-state index is 10.4. The minimum absolute atomic E-state index is 0.203. The Labute approximate surface area is 131 Å². The average Bonchev–Trinajstić information content (AvgIpc) is 3.07. The zero-order valence-corrected chi connectivity index (χ0v) is 13.0. The number of rotatable bonds is 5. The molecule has 3 rings (SSSR count). The number of thioether (sulfide) groups is 1. The first-order valence-electron chi connectivity index (χ1n) is 7.16. The van der Waals surface area contributed by atoms with E-state index in [1.54, 1.807) is 22.7 Å². The molecule has 0 spiro atoms. The van der Waals surface area contributed by atoms with Crippen molar-refractivity contribution in [2.24, 2.45) is 0 Å². The summed E-state index contributed by atoms with van der Waals surface area (Å²) in [5.74, 6) is 1.20. The molecule has 0 aromatic carbocycles. The number of aromatic nitrogens is 4. The van der Waals surface area contributed by atoms with Gasteiger partial charge in [0.1, 0.15) is 17.9 Å². The van der Waals surface area contributed by atoms with Crippen LogP contribution in [0.1, 0.15) is 19.6 Å². The number of fused-ring (bicyclic) bond motifs is 1. The fourth-order valence-electron chi connectivity index (χ4n) is 2.58. The van der Waals surface area contributed by atoms with Crippen molar-refractivity contribution < 1.29 is 14.9 Å². The normalized spacial score (nSPS) is 28.5. The molecule has 4 atom stereocenters. The Morgan fingerprint density at radius 1 is 1.41 bits per heavy atom. The number of hydrogen-bond donors (Lipinski definition) is 3. The highest BCUT2D eigenvalue weighted by atomic mass is 32.2. The molecule has 0 aliphatic carbocycles. The highest BCUT2D eigenvalue weighted by Crippen LogP contribution is 2.39. The van der Waals surface area contributed by atoms with Crippen molar-refractivity contribution in [1.29, 1.82) is 0 Å². The molecule has 0 saturated carbocycles. The third kappa shape index (κ3) is 2.54. The second-order valence-corrected chi connectivity index (χ2v) is 6.44. The molecule has 1 fully saturated rings. The molecular formula is C13H19N5O3S. The number of imidazole rings is 1. The van der Waals surface area contributed by atoms with Gasteiger partial charge in [-0.2, -0.15) is 11.8 Å². The Morgan fingerprint density at radius 3 is 2.95 bits per heavy atom. The van der Waals surface area contributed by atoms with Crippen molar-refractivity contribution in [3.63, 3.8) is 0 Å². The van der Waals surface area contributed by atoms with Crippen LogP contribution in [0.3, 0.4) is 0 Å². The van der Waals surface area contributed by atoms with Gasteiger partial charge in [-0.15, -0.1) is 0 Å². The zero-order chi connectivity index (χ0) is 15.7. The first-order chi connectivity index (χ1) is 10.7. The van der Waals surface area contributed by atoms with Crippen molar-refractivity contribution in [1.82, 2.24) is 19.5 Å². The van der Waals surface area contributed by atoms with E-state index in [1.165, 1.54) is 6.33 Å². The summed E-state index contributed by atoms with van der Waals surface area (Å²) in [6.07, 6.45) is 2.14. The lowest BCUT2D eigenvalue weighted by atomic mass is 10.2. The van der Waals surface area contributed by atoms with Crippen LogP contribution in [-0.2, 0) is 4.74 Å². The molecule has 0 bridgehead atoms. The van der Waals surface area contributed by atoms with Gasteiger partial charge < -0.3 is 20.7 Å². The van der Waals surface area contributed by atoms with Crippen LogP contribution in [0.15, 0.2) is 12.7 Å². The second kappa shape index (κ2) is 6.37. The van der Waals surface area contributed by atoms with Crippen molar-refractivity contribution in [3.05, 3.63) is 12.7 Å². The van der Waals surface area contributed by atoms with Gasteiger partial charge in [-0.1, -0.05) is 6.92 Å². The Morgan fingerprint density at radius 2 is 2.23 bits per heavy atom. The highest BCUT2D eigenvalue weighted by Gasteiger charge is 2.45. The summed E-state index contributed by atoms with van der Waals surface area (Å²) in [4.78, 5) is 12.4. The molecule has 1 saturated heterocycles. The van der Waals surface area contributed by atoms with Crippen LogP contribution in [-0.4, -0.2) is 59.5 Å². The lowest BCUT2D eigenvalue weighted by Gasteiger charge is -2.20. The Kier molecular flexibility index (Phi) is 4.48. The second-order valence-electron chi connectivity index (χ2n) is 5.16. The van der Waals surface area contributed by atoms with E-state index in [0.29, 0.717) is 17.0 Å². The van der Waals surface area contributed by atoms with Crippen LogP contribution in [0.25, 0.3) is 11.2 Å². The maximum Gasteiger partial charge on any atom is 0.167 e. The van der Waals surface area contributed by atoms with E-state index in [9.17, 15) is 10.2 Å². The summed E-state index contributed by atoms with van der Waals surface area (Å²) in [5, 5.41) is 19.6. The fraction of sp³-hybridized carbons (Fsp3) is 0.615. The van der Waals surface area contributed by atoms with Crippen LogP contribution in [0, 0.1) is 0 Å². The Bertz CT molecular complexity index is 652. The van der Waals surface area contributed by atoms with E-state index in [2.05, 4.69) is 21.9 Å². The summed E-state index contributed by atoms with van der Waals surface area (Å²) in [6, 6.07) is 0. The molecule has 4 N–H and O–H groups in total. The standard InChI is InChI=1S/C13H19N5O3S/c1-2-3-22-10-9(20)7(4-19)21-13(10)18-6-17-8-11(14)15-5-16-12(8)18/h5-7,9-10,13,19-20H,2-4H2,1H3,(H2,14,15,16)/t7-,9+,10?,13-/m1/s1. The number of nitrogens with two attached hydrogens (primary N) is 1. The first kappa shape index (κ1) is 15.5. The Hall–Kier alpha value is -1.42. The molecule has 2 aromatic heterocycles. The van der Waals surface area contributed by atoms with Gasteiger partial charge in [-0.05, 0) is 12.2 Å². The Balaban J connectivity index is 1.97. The lowest BCUT2D eigenvalue weighted by Crippen LogP contribution is -2.31. The van der Waals surface area contributed by atoms with E-state index in [-0.39, 0.29) is 11.9 Å². The molecule has 1 aliphatic rings. The number of aliphatic hydroxyl groups excluding tert-OH is 2. The third-order valence-electron chi connectivity index (χ3n) is 3.67. The molecule has 9 heteroatoms. The van der Waals surface area contributed by atoms with Gasteiger partial charge in [0, 0.05) is 0 Å². The van der Waals surface area contributed by atoms with Crippen LogP contribution >= 0.6 is 11.8 Å². The van der Waals surface area contributed by atoms with Crippen molar-refractivity contribution in [3.8, 4) is 0 Å². The molecule has 0 radical (unpaired) electrons. The van der Waals surface area contributed by atoms with E-state index in [1.807, 2.05) is 0 Å². The first-order valence-corrected chi connectivity index (χ1v) is 8.21. The van der Waals surface area contributed by atoms with E-state index in [4.69, 9.17) is 10.5 Å². The summed E-state index contributed by atoms with van der Waals surface area (Å²) < 4.78 is 7.58.